The number of aryl methyl sites for hydroxylation is 1. The number of nitrogens with one attached hydrogen (secondary N) is 3. The number of rotatable bonds is 9. The van der Waals surface area contributed by atoms with Crippen molar-refractivity contribution >= 4 is 22.5 Å². The van der Waals surface area contributed by atoms with E-state index in [1.165, 1.54) is 0 Å². The summed E-state index contributed by atoms with van der Waals surface area (Å²) >= 11 is 0. The molecule has 0 bridgehead atoms. The SMILES string of the molecule is O=C(CCCc1nc(-c2ccccn2)no1)NCCNc1n[nH]c(=O)c2ccccc12. The van der Waals surface area contributed by atoms with Crippen molar-refractivity contribution in [1.29, 1.82) is 0 Å². The van der Waals surface area contributed by atoms with Crippen molar-refractivity contribution in [3.05, 3.63) is 64.9 Å². The number of anilines is 1. The van der Waals surface area contributed by atoms with Crippen molar-refractivity contribution in [2.24, 2.45) is 0 Å². The van der Waals surface area contributed by atoms with Crippen LogP contribution in [0.2, 0.25) is 0 Å². The highest BCUT2D eigenvalue weighted by atomic mass is 16.5. The molecule has 10 nitrogen and oxygen atoms in total. The lowest BCUT2D eigenvalue weighted by Crippen LogP contribution is -2.29. The van der Waals surface area contributed by atoms with Gasteiger partial charge in [0, 0.05) is 37.5 Å². The Bertz CT molecular complexity index is 1220. The Labute approximate surface area is 177 Å². The van der Waals surface area contributed by atoms with Crippen molar-refractivity contribution in [3.8, 4) is 11.5 Å². The van der Waals surface area contributed by atoms with Crippen molar-refractivity contribution in [3.63, 3.8) is 0 Å². The van der Waals surface area contributed by atoms with Gasteiger partial charge in [0.15, 0.2) is 5.82 Å². The quantitative estimate of drug-likeness (QED) is 0.350. The minimum absolute atomic E-state index is 0.0643. The van der Waals surface area contributed by atoms with Gasteiger partial charge < -0.3 is 15.2 Å². The molecule has 3 N–H and O–H groups in total. The third kappa shape index (κ3) is 5.10. The number of H-pyrrole nitrogens is 1. The number of hydrogen-bond acceptors (Lipinski definition) is 8. The average Bonchev–Trinajstić information content (AvgIpc) is 3.28. The van der Waals surface area contributed by atoms with Gasteiger partial charge in [-0.2, -0.15) is 10.1 Å². The molecule has 158 valence electrons. The molecule has 1 aromatic carbocycles. The zero-order chi connectivity index (χ0) is 21.5. The second-order valence-corrected chi connectivity index (χ2v) is 6.80. The van der Waals surface area contributed by atoms with Crippen LogP contribution in [0.1, 0.15) is 18.7 Å². The molecule has 0 fully saturated rings. The lowest BCUT2D eigenvalue weighted by molar-refractivity contribution is -0.121. The van der Waals surface area contributed by atoms with E-state index in [-0.39, 0.29) is 11.5 Å². The van der Waals surface area contributed by atoms with E-state index < -0.39 is 0 Å². The molecule has 0 aliphatic carbocycles. The third-order valence-corrected chi connectivity index (χ3v) is 4.59. The predicted molar refractivity (Wildman–Crippen MR) is 114 cm³/mol. The van der Waals surface area contributed by atoms with Crippen LogP contribution in [0.4, 0.5) is 5.82 Å². The Kier molecular flexibility index (Phi) is 6.26. The smallest absolute Gasteiger partial charge is 0.272 e. The summed E-state index contributed by atoms with van der Waals surface area (Å²) in [6.07, 6.45) is 3.12. The second-order valence-electron chi connectivity index (χ2n) is 6.80. The van der Waals surface area contributed by atoms with Crippen LogP contribution < -0.4 is 16.2 Å². The van der Waals surface area contributed by atoms with Gasteiger partial charge >= 0.3 is 0 Å². The number of benzene rings is 1. The Morgan fingerprint density at radius 3 is 2.74 bits per heavy atom. The molecule has 10 heteroatoms. The molecule has 0 saturated carbocycles. The molecule has 31 heavy (non-hydrogen) atoms. The fraction of sp³-hybridized carbons (Fsp3) is 0.238. The molecule has 0 atom stereocenters. The van der Waals surface area contributed by atoms with Gasteiger partial charge in [0.1, 0.15) is 5.69 Å². The number of hydrogen-bond donors (Lipinski definition) is 3. The summed E-state index contributed by atoms with van der Waals surface area (Å²) in [5.74, 6) is 1.43. The van der Waals surface area contributed by atoms with E-state index in [0.29, 0.717) is 61.0 Å². The van der Waals surface area contributed by atoms with E-state index in [2.05, 4.69) is 36.0 Å². The molecule has 4 aromatic rings. The summed E-state index contributed by atoms with van der Waals surface area (Å²) in [7, 11) is 0. The fourth-order valence-corrected chi connectivity index (χ4v) is 3.08. The molecular weight excluding hydrogens is 398 g/mol. The maximum atomic E-state index is 12.0. The van der Waals surface area contributed by atoms with Crippen LogP contribution in [-0.4, -0.2) is 44.3 Å². The highest BCUT2D eigenvalue weighted by Gasteiger charge is 2.10. The first-order chi connectivity index (χ1) is 15.2. The number of nitrogens with zero attached hydrogens (tertiary/aromatic N) is 4. The van der Waals surface area contributed by atoms with Crippen LogP contribution >= 0.6 is 0 Å². The number of aromatic amines is 1. The standard InChI is InChI=1S/C21H21N7O3/c29-17(9-5-10-18-25-20(28-31-18)16-8-3-4-11-22-16)23-12-13-24-19-14-6-1-2-7-15(14)21(30)27-26-19/h1-4,6-8,11H,5,9-10,12-13H2,(H,23,29)(H,24,26)(H,27,30). The van der Waals surface area contributed by atoms with Crippen LogP contribution in [0.3, 0.4) is 0 Å². The van der Waals surface area contributed by atoms with Gasteiger partial charge in [-0.3, -0.25) is 14.6 Å². The summed E-state index contributed by atoms with van der Waals surface area (Å²) in [6.45, 7) is 0.907. The Morgan fingerprint density at radius 1 is 1.06 bits per heavy atom. The molecule has 0 aliphatic heterocycles. The third-order valence-electron chi connectivity index (χ3n) is 4.59. The largest absolute Gasteiger partial charge is 0.366 e. The van der Waals surface area contributed by atoms with E-state index in [9.17, 15) is 9.59 Å². The molecule has 0 radical (unpaired) electrons. The first-order valence-corrected chi connectivity index (χ1v) is 9.93. The Balaban J connectivity index is 1.18. The lowest BCUT2D eigenvalue weighted by atomic mass is 10.2. The van der Waals surface area contributed by atoms with Crippen LogP contribution in [-0.2, 0) is 11.2 Å². The molecule has 4 rings (SSSR count). The normalized spacial score (nSPS) is 10.8. The number of amides is 1. The Hall–Kier alpha value is -4.08. The maximum Gasteiger partial charge on any atom is 0.272 e. The Morgan fingerprint density at radius 2 is 1.90 bits per heavy atom. The van der Waals surface area contributed by atoms with E-state index in [1.807, 2.05) is 30.3 Å². The van der Waals surface area contributed by atoms with Gasteiger partial charge in [-0.15, -0.1) is 0 Å². The van der Waals surface area contributed by atoms with Crippen LogP contribution in [0.15, 0.2) is 58.0 Å². The van der Waals surface area contributed by atoms with Gasteiger partial charge in [0.2, 0.25) is 17.6 Å². The molecule has 0 saturated heterocycles. The zero-order valence-corrected chi connectivity index (χ0v) is 16.7. The topological polar surface area (TPSA) is 139 Å². The monoisotopic (exact) mass is 419 g/mol. The summed E-state index contributed by atoms with van der Waals surface area (Å²) in [4.78, 5) is 32.3. The van der Waals surface area contributed by atoms with Gasteiger partial charge in [-0.05, 0) is 24.6 Å². The van der Waals surface area contributed by atoms with Crippen molar-refractivity contribution in [2.75, 3.05) is 18.4 Å². The van der Waals surface area contributed by atoms with E-state index >= 15 is 0 Å². The number of pyridine rings is 1. The first kappa shape index (κ1) is 20.2. The number of aromatic nitrogens is 5. The summed E-state index contributed by atoms with van der Waals surface area (Å²) in [5, 5.41) is 17.7. The maximum absolute atomic E-state index is 12.0. The molecule has 0 aliphatic rings. The molecule has 0 unspecified atom stereocenters. The summed E-state index contributed by atoms with van der Waals surface area (Å²) in [5.41, 5.74) is 0.412. The zero-order valence-electron chi connectivity index (χ0n) is 16.7. The van der Waals surface area contributed by atoms with Crippen molar-refractivity contribution in [2.45, 2.75) is 19.3 Å². The number of carbonyl (C=O) groups excluding carboxylic acids is 1. The highest BCUT2D eigenvalue weighted by molar-refractivity contribution is 5.90. The lowest BCUT2D eigenvalue weighted by Gasteiger charge is -2.09. The molecule has 3 heterocycles. The molecule has 0 spiro atoms. The van der Waals surface area contributed by atoms with Gasteiger partial charge in [-0.1, -0.05) is 29.4 Å². The number of carbonyl (C=O) groups is 1. The molecular formula is C21H21N7O3. The van der Waals surface area contributed by atoms with Crippen molar-refractivity contribution < 1.29 is 9.32 Å². The van der Waals surface area contributed by atoms with Gasteiger partial charge in [-0.25, -0.2) is 5.10 Å². The van der Waals surface area contributed by atoms with E-state index in [0.717, 1.165) is 5.39 Å². The van der Waals surface area contributed by atoms with Crippen LogP contribution in [0, 0.1) is 0 Å². The highest BCUT2D eigenvalue weighted by Crippen LogP contribution is 2.16. The van der Waals surface area contributed by atoms with Crippen LogP contribution in [0.25, 0.3) is 22.3 Å². The predicted octanol–water partition coefficient (Wildman–Crippen LogP) is 1.92. The minimum atomic E-state index is -0.233. The number of fused-ring (bicyclic) bond motifs is 1. The first-order valence-electron chi connectivity index (χ1n) is 9.93. The molecule has 1 amide bonds. The average molecular weight is 419 g/mol. The minimum Gasteiger partial charge on any atom is -0.366 e. The van der Waals surface area contributed by atoms with Gasteiger partial charge in [0.05, 0.1) is 5.39 Å². The summed E-state index contributed by atoms with van der Waals surface area (Å²) in [6, 6.07) is 12.7. The van der Waals surface area contributed by atoms with Crippen molar-refractivity contribution in [1.82, 2.24) is 30.6 Å². The molecule has 3 aromatic heterocycles. The van der Waals surface area contributed by atoms with Crippen LogP contribution in [0.5, 0.6) is 0 Å². The second kappa shape index (κ2) is 9.61. The van der Waals surface area contributed by atoms with Gasteiger partial charge in [0.25, 0.3) is 5.56 Å². The fourth-order valence-electron chi connectivity index (χ4n) is 3.08. The summed E-state index contributed by atoms with van der Waals surface area (Å²) < 4.78 is 5.22. The van der Waals surface area contributed by atoms with E-state index in [4.69, 9.17) is 4.52 Å². The van der Waals surface area contributed by atoms with E-state index in [1.54, 1.807) is 18.3 Å².